The molecule has 65 heavy (non-hydrogen) atoms. The van der Waals surface area contributed by atoms with Gasteiger partial charge in [0.2, 0.25) is 29.5 Å². The quantitative estimate of drug-likeness (QED) is 0.0416. The van der Waals surface area contributed by atoms with Gasteiger partial charge in [0.1, 0.15) is 6.04 Å². The van der Waals surface area contributed by atoms with Crippen LogP contribution in [0.2, 0.25) is 0 Å². The molecule has 3 atom stereocenters. The van der Waals surface area contributed by atoms with E-state index in [1.165, 1.54) is 0 Å². The van der Waals surface area contributed by atoms with Crippen LogP contribution in [0.5, 0.6) is 0 Å². The molecule has 18 heteroatoms. The van der Waals surface area contributed by atoms with Crippen molar-refractivity contribution in [2.45, 2.75) is 108 Å². The van der Waals surface area contributed by atoms with Crippen molar-refractivity contribution < 1.29 is 57.3 Å². The fourth-order valence-corrected chi connectivity index (χ4v) is 6.48. The van der Waals surface area contributed by atoms with Crippen LogP contribution in [0.1, 0.15) is 88.2 Å². The number of hydrogen-bond donors (Lipinski definition) is 6. The molecule has 18 nitrogen and oxygen atoms in total. The molecule has 0 spiro atoms. The highest BCUT2D eigenvalue weighted by atomic mass is 16.6. The SMILES string of the molecule is COCCOCCCNC(=O)CCC(=O)C(Cc1ccccc1)NC(=O)CCC(NC(=O)CCCCCON)C(=O)NC(Cc1ccccc1)C(=O)CCC(=O)NCCCOCCOC. The minimum absolute atomic E-state index is 0.0727. The molecule has 2 aromatic carbocycles. The van der Waals surface area contributed by atoms with Crippen molar-refractivity contribution in [1.29, 1.82) is 0 Å². The third kappa shape index (κ3) is 27.7. The Labute approximate surface area is 383 Å². The molecular formula is C47H72N6O12. The molecule has 0 aliphatic carbocycles. The van der Waals surface area contributed by atoms with E-state index in [9.17, 15) is 33.6 Å². The standard InChI is InChI=1S/C47H72N6O12/c1-61-30-32-63-27-12-25-49-43(56)23-20-41(54)39(34-36-14-6-3-7-15-36)52-46(59)22-19-38(51-45(58)18-10-5-11-29-65-48)47(60)53-40(35-37-16-8-4-9-17-37)42(55)21-24-44(57)50-26-13-28-64-33-31-62-2/h3-4,6-9,14-17,38-40H,5,10-13,18-35,48H2,1-2H3,(H,49,56)(H,50,57)(H,51,58)(H,52,59)(H,53,60). The van der Waals surface area contributed by atoms with E-state index < -0.39 is 35.8 Å². The van der Waals surface area contributed by atoms with E-state index in [1.807, 2.05) is 48.5 Å². The van der Waals surface area contributed by atoms with Crippen LogP contribution >= 0.6 is 0 Å². The first-order chi connectivity index (χ1) is 31.6. The molecule has 5 amide bonds. The van der Waals surface area contributed by atoms with E-state index in [0.717, 1.165) is 11.1 Å². The Balaban J connectivity index is 2.14. The Bertz CT molecular complexity index is 1670. The van der Waals surface area contributed by atoms with Crippen LogP contribution in [-0.4, -0.2) is 133 Å². The summed E-state index contributed by atoms with van der Waals surface area (Å²) in [4.78, 5) is 97.8. The summed E-state index contributed by atoms with van der Waals surface area (Å²) in [7, 11) is 3.17. The van der Waals surface area contributed by atoms with Gasteiger partial charge in [-0.2, -0.15) is 0 Å². The molecular weight excluding hydrogens is 841 g/mol. The summed E-state index contributed by atoms with van der Waals surface area (Å²) in [6.07, 6.45) is 2.49. The summed E-state index contributed by atoms with van der Waals surface area (Å²) in [5.41, 5.74) is 1.56. The predicted octanol–water partition coefficient (Wildman–Crippen LogP) is 2.19. The monoisotopic (exact) mass is 913 g/mol. The van der Waals surface area contributed by atoms with Crippen LogP contribution in [0.25, 0.3) is 0 Å². The first-order valence-corrected chi connectivity index (χ1v) is 22.6. The topological polar surface area (TPSA) is 252 Å². The Morgan fingerprint density at radius 3 is 1.45 bits per heavy atom. The number of ether oxygens (including phenoxy) is 4. The molecule has 0 aliphatic rings. The molecule has 2 aromatic rings. The van der Waals surface area contributed by atoms with Gasteiger partial charge in [0, 0.05) is 79.0 Å². The number of amides is 5. The molecule has 0 aromatic heterocycles. The van der Waals surface area contributed by atoms with E-state index in [2.05, 4.69) is 31.4 Å². The lowest BCUT2D eigenvalue weighted by atomic mass is 9.98. The van der Waals surface area contributed by atoms with Gasteiger partial charge in [-0.15, -0.1) is 0 Å². The minimum Gasteiger partial charge on any atom is -0.382 e. The van der Waals surface area contributed by atoms with Crippen molar-refractivity contribution in [3.8, 4) is 0 Å². The predicted molar refractivity (Wildman–Crippen MR) is 243 cm³/mol. The third-order valence-electron chi connectivity index (χ3n) is 10.1. The van der Waals surface area contributed by atoms with Gasteiger partial charge in [0.15, 0.2) is 11.6 Å². The summed E-state index contributed by atoms with van der Waals surface area (Å²) in [5, 5.41) is 13.9. The summed E-state index contributed by atoms with van der Waals surface area (Å²) >= 11 is 0. The van der Waals surface area contributed by atoms with Crippen molar-refractivity contribution in [3.63, 3.8) is 0 Å². The number of hydrogen-bond acceptors (Lipinski definition) is 13. The van der Waals surface area contributed by atoms with Crippen molar-refractivity contribution in [1.82, 2.24) is 26.6 Å². The number of methoxy groups -OCH3 is 2. The van der Waals surface area contributed by atoms with Gasteiger partial charge in [-0.1, -0.05) is 67.1 Å². The van der Waals surface area contributed by atoms with Gasteiger partial charge in [0.05, 0.1) is 45.1 Å². The van der Waals surface area contributed by atoms with Crippen molar-refractivity contribution in [2.75, 3.05) is 73.6 Å². The molecule has 0 fully saturated rings. The van der Waals surface area contributed by atoms with Crippen LogP contribution < -0.4 is 32.5 Å². The lowest BCUT2D eigenvalue weighted by molar-refractivity contribution is -0.133. The average Bonchev–Trinajstić information content (AvgIpc) is 3.30. The minimum atomic E-state index is -1.22. The van der Waals surface area contributed by atoms with Crippen LogP contribution in [0.4, 0.5) is 0 Å². The molecule has 0 bridgehead atoms. The molecule has 7 N–H and O–H groups in total. The molecule has 0 saturated heterocycles. The zero-order valence-electron chi connectivity index (χ0n) is 38.2. The Morgan fingerprint density at radius 1 is 0.477 bits per heavy atom. The first kappa shape index (κ1) is 56.0. The molecule has 0 radical (unpaired) electrons. The average molecular weight is 913 g/mol. The van der Waals surface area contributed by atoms with Gasteiger partial charge in [0.25, 0.3) is 0 Å². The number of nitrogens with one attached hydrogen (secondary N) is 5. The second kappa shape index (κ2) is 36.1. The Hall–Kier alpha value is -5.11. The van der Waals surface area contributed by atoms with E-state index in [-0.39, 0.29) is 81.2 Å². The first-order valence-electron chi connectivity index (χ1n) is 22.6. The van der Waals surface area contributed by atoms with Crippen LogP contribution in [0.3, 0.4) is 0 Å². The zero-order chi connectivity index (χ0) is 47.3. The number of rotatable bonds is 39. The van der Waals surface area contributed by atoms with Gasteiger partial charge in [-0.3, -0.25) is 33.6 Å². The summed E-state index contributed by atoms with van der Waals surface area (Å²) in [6.45, 7) is 3.82. The maximum atomic E-state index is 14.0. The highest BCUT2D eigenvalue weighted by Crippen LogP contribution is 2.12. The molecule has 0 aliphatic heterocycles. The van der Waals surface area contributed by atoms with Gasteiger partial charge in [-0.25, -0.2) is 5.90 Å². The number of Topliss-reactive ketones (excluding diaryl/α,β-unsaturated/α-hetero) is 2. The van der Waals surface area contributed by atoms with Crippen LogP contribution in [-0.2, 0) is 70.2 Å². The van der Waals surface area contributed by atoms with Crippen LogP contribution in [0.15, 0.2) is 60.7 Å². The number of nitrogens with two attached hydrogens (primary N) is 1. The Morgan fingerprint density at radius 2 is 0.954 bits per heavy atom. The lowest BCUT2D eigenvalue weighted by Crippen LogP contribution is -2.52. The number of benzene rings is 2. The second-order valence-electron chi connectivity index (χ2n) is 15.5. The summed E-state index contributed by atoms with van der Waals surface area (Å²) in [6, 6.07) is 15.0. The highest BCUT2D eigenvalue weighted by molar-refractivity contribution is 5.95. The molecule has 0 heterocycles. The second-order valence-corrected chi connectivity index (χ2v) is 15.5. The highest BCUT2D eigenvalue weighted by Gasteiger charge is 2.29. The fraction of sp³-hybridized carbons (Fsp3) is 0.596. The van der Waals surface area contributed by atoms with Crippen LogP contribution in [0, 0.1) is 0 Å². The normalized spacial score (nSPS) is 12.4. The largest absolute Gasteiger partial charge is 0.382 e. The molecule has 2 rings (SSSR count). The number of carbonyl (C=O) groups is 7. The smallest absolute Gasteiger partial charge is 0.243 e. The number of carbonyl (C=O) groups excluding carboxylic acids is 7. The van der Waals surface area contributed by atoms with Crippen molar-refractivity contribution >= 4 is 41.1 Å². The van der Waals surface area contributed by atoms with Gasteiger partial charge >= 0.3 is 0 Å². The fourth-order valence-electron chi connectivity index (χ4n) is 6.48. The zero-order valence-corrected chi connectivity index (χ0v) is 38.2. The molecule has 0 saturated carbocycles. The molecule has 362 valence electrons. The summed E-state index contributed by atoms with van der Waals surface area (Å²) < 4.78 is 20.7. The number of unbranched alkanes of at least 4 members (excludes halogenated alkanes) is 2. The maximum Gasteiger partial charge on any atom is 0.243 e. The van der Waals surface area contributed by atoms with Crippen molar-refractivity contribution in [2.24, 2.45) is 5.90 Å². The van der Waals surface area contributed by atoms with E-state index in [0.29, 0.717) is 91.4 Å². The summed E-state index contributed by atoms with van der Waals surface area (Å²) in [5.74, 6) is 2.10. The Kier molecular flexibility index (Phi) is 31.2. The van der Waals surface area contributed by atoms with E-state index in [1.54, 1.807) is 26.4 Å². The maximum absolute atomic E-state index is 14.0. The van der Waals surface area contributed by atoms with Gasteiger partial charge in [-0.05, 0) is 56.1 Å². The lowest BCUT2D eigenvalue weighted by Gasteiger charge is -2.24. The van der Waals surface area contributed by atoms with Crippen molar-refractivity contribution in [3.05, 3.63) is 71.8 Å². The van der Waals surface area contributed by atoms with Gasteiger partial charge < -0.3 is 50.4 Å². The van der Waals surface area contributed by atoms with E-state index >= 15 is 0 Å². The number of ketones is 2. The molecule has 3 unspecified atom stereocenters. The van der Waals surface area contributed by atoms with E-state index in [4.69, 9.17) is 24.8 Å². The third-order valence-corrected chi connectivity index (χ3v) is 10.1.